The normalized spacial score (nSPS) is 23.0. The standard InChI is InChI=1S/C26H28F3N3O4S/c1-15(2)36-22-13-19(12-20(22)24(33)32-25(14-30)7-8-25)37(34,35)23-5-4-17(11-21(23)26(27,28)29)18-6-9-31-16(3)10-18/h4-6,9-11,15,19-20,22H,7-8,12-13H2,1-3H3,(H,32,33)/t19-,20-,22-/m0/s1. The number of hydrogen-bond acceptors (Lipinski definition) is 6. The number of sulfone groups is 1. The van der Waals surface area contributed by atoms with Crippen molar-refractivity contribution in [3.8, 4) is 17.2 Å². The van der Waals surface area contributed by atoms with Crippen LogP contribution in [0.2, 0.25) is 0 Å². The Labute approximate surface area is 214 Å². The lowest BCUT2D eigenvalue weighted by Crippen LogP contribution is -2.43. The van der Waals surface area contributed by atoms with Crippen LogP contribution in [0, 0.1) is 24.2 Å². The van der Waals surface area contributed by atoms with Crippen LogP contribution in [-0.4, -0.2) is 42.3 Å². The largest absolute Gasteiger partial charge is 0.417 e. The molecule has 0 saturated heterocycles. The number of aryl methyl sites for hydroxylation is 1. The first-order valence-corrected chi connectivity index (χ1v) is 13.6. The van der Waals surface area contributed by atoms with Gasteiger partial charge in [0, 0.05) is 11.9 Å². The van der Waals surface area contributed by atoms with E-state index in [-0.39, 0.29) is 24.5 Å². The maximum Gasteiger partial charge on any atom is 0.417 e. The highest BCUT2D eigenvalue weighted by Crippen LogP contribution is 2.43. The average molecular weight is 536 g/mol. The summed E-state index contributed by atoms with van der Waals surface area (Å²) in [6.07, 6.45) is -3.91. The van der Waals surface area contributed by atoms with Crippen molar-refractivity contribution < 1.29 is 31.1 Å². The van der Waals surface area contributed by atoms with Gasteiger partial charge in [0.1, 0.15) is 5.54 Å². The summed E-state index contributed by atoms with van der Waals surface area (Å²) >= 11 is 0. The van der Waals surface area contributed by atoms with E-state index in [0.29, 0.717) is 24.1 Å². The van der Waals surface area contributed by atoms with Crippen LogP contribution in [0.5, 0.6) is 0 Å². The summed E-state index contributed by atoms with van der Waals surface area (Å²) in [5, 5.41) is 10.7. The predicted octanol–water partition coefficient (Wildman–Crippen LogP) is 4.59. The first-order valence-electron chi connectivity index (χ1n) is 12.0. The Balaban J connectivity index is 1.68. The number of nitriles is 1. The highest BCUT2D eigenvalue weighted by atomic mass is 32.2. The molecule has 2 fully saturated rings. The Bertz CT molecular complexity index is 1350. The van der Waals surface area contributed by atoms with Gasteiger partial charge in [-0.25, -0.2) is 8.42 Å². The second-order valence-electron chi connectivity index (χ2n) is 10.0. The third-order valence-electron chi connectivity index (χ3n) is 6.83. The molecule has 1 heterocycles. The summed E-state index contributed by atoms with van der Waals surface area (Å²) in [6, 6.07) is 8.41. The smallest absolute Gasteiger partial charge is 0.375 e. The molecule has 37 heavy (non-hydrogen) atoms. The number of amides is 1. The van der Waals surface area contributed by atoms with Crippen molar-refractivity contribution in [2.45, 2.75) is 80.5 Å². The van der Waals surface area contributed by atoms with Gasteiger partial charge in [-0.15, -0.1) is 0 Å². The van der Waals surface area contributed by atoms with Crippen molar-refractivity contribution in [1.29, 1.82) is 5.26 Å². The van der Waals surface area contributed by atoms with Crippen LogP contribution >= 0.6 is 0 Å². The van der Waals surface area contributed by atoms with E-state index in [1.165, 1.54) is 12.3 Å². The van der Waals surface area contributed by atoms with Crippen molar-refractivity contribution in [1.82, 2.24) is 10.3 Å². The van der Waals surface area contributed by atoms with E-state index in [2.05, 4.69) is 16.4 Å². The van der Waals surface area contributed by atoms with E-state index in [1.54, 1.807) is 32.9 Å². The topological polar surface area (TPSA) is 109 Å². The number of hydrogen-bond donors (Lipinski definition) is 1. The van der Waals surface area contributed by atoms with E-state index in [4.69, 9.17) is 4.74 Å². The van der Waals surface area contributed by atoms with E-state index >= 15 is 0 Å². The highest BCUT2D eigenvalue weighted by molar-refractivity contribution is 7.92. The van der Waals surface area contributed by atoms with Crippen molar-refractivity contribution in [3.63, 3.8) is 0 Å². The van der Waals surface area contributed by atoms with Gasteiger partial charge in [-0.2, -0.15) is 18.4 Å². The predicted molar refractivity (Wildman–Crippen MR) is 129 cm³/mol. The molecule has 11 heteroatoms. The number of aromatic nitrogens is 1. The third-order valence-corrected chi connectivity index (χ3v) is 9.06. The van der Waals surface area contributed by atoms with Gasteiger partial charge < -0.3 is 10.1 Å². The van der Waals surface area contributed by atoms with Crippen molar-refractivity contribution in [2.75, 3.05) is 0 Å². The van der Waals surface area contributed by atoms with Crippen molar-refractivity contribution in [2.24, 2.45) is 5.92 Å². The first kappa shape index (κ1) is 27.1. The van der Waals surface area contributed by atoms with Gasteiger partial charge in [0.15, 0.2) is 9.84 Å². The number of nitrogens with zero attached hydrogens (tertiary/aromatic N) is 2. The highest BCUT2D eigenvalue weighted by Gasteiger charge is 2.51. The van der Waals surface area contributed by atoms with Gasteiger partial charge in [-0.05, 0) is 81.8 Å². The Morgan fingerprint density at radius 1 is 1.19 bits per heavy atom. The molecule has 0 spiro atoms. The lowest BCUT2D eigenvalue weighted by molar-refractivity contribution is -0.139. The fraction of sp³-hybridized carbons (Fsp3) is 0.500. The van der Waals surface area contributed by atoms with Gasteiger partial charge >= 0.3 is 6.18 Å². The van der Waals surface area contributed by atoms with E-state index in [1.807, 2.05) is 0 Å². The average Bonchev–Trinajstić information content (AvgIpc) is 3.46. The molecule has 0 radical (unpaired) electrons. The summed E-state index contributed by atoms with van der Waals surface area (Å²) in [7, 11) is -4.49. The zero-order valence-electron chi connectivity index (χ0n) is 20.7. The molecule has 2 aliphatic rings. The van der Waals surface area contributed by atoms with E-state index in [0.717, 1.165) is 12.1 Å². The SMILES string of the molecule is Cc1cc(-c2ccc(S(=O)(=O)[C@@H]3C[C@H](OC(C)C)[C@@H](C(=O)NC4(C#N)CC4)C3)c(C(F)(F)F)c2)ccn1. The van der Waals surface area contributed by atoms with Crippen LogP contribution in [0.3, 0.4) is 0 Å². The zero-order chi connectivity index (χ0) is 27.2. The number of nitrogens with one attached hydrogen (secondary N) is 1. The Morgan fingerprint density at radius 3 is 2.43 bits per heavy atom. The van der Waals surface area contributed by atoms with Crippen LogP contribution in [0.25, 0.3) is 11.1 Å². The van der Waals surface area contributed by atoms with Gasteiger partial charge in [0.05, 0.1) is 39.9 Å². The number of carbonyl (C=O) groups excluding carboxylic acids is 1. The molecule has 2 aromatic rings. The zero-order valence-corrected chi connectivity index (χ0v) is 21.5. The van der Waals surface area contributed by atoms with Crippen LogP contribution in [-0.2, 0) is 25.5 Å². The van der Waals surface area contributed by atoms with Gasteiger partial charge in [-0.1, -0.05) is 6.07 Å². The summed E-state index contributed by atoms with van der Waals surface area (Å²) in [6.45, 7) is 5.17. The number of rotatable bonds is 7. The number of pyridine rings is 1. The summed E-state index contributed by atoms with van der Waals surface area (Å²) in [4.78, 5) is 16.2. The van der Waals surface area contributed by atoms with Crippen LogP contribution in [0.1, 0.15) is 50.8 Å². The molecule has 1 amide bonds. The molecule has 1 aromatic carbocycles. The molecule has 0 aliphatic heterocycles. The Morgan fingerprint density at radius 2 is 1.86 bits per heavy atom. The Kier molecular flexibility index (Phi) is 7.12. The monoisotopic (exact) mass is 535 g/mol. The first-order chi connectivity index (χ1) is 17.3. The lowest BCUT2D eigenvalue weighted by atomic mass is 10.0. The molecule has 0 unspecified atom stereocenters. The number of halogens is 3. The molecule has 7 nitrogen and oxygen atoms in total. The van der Waals surface area contributed by atoms with Gasteiger partial charge in [0.25, 0.3) is 0 Å². The molecule has 2 saturated carbocycles. The molecule has 0 bridgehead atoms. The summed E-state index contributed by atoms with van der Waals surface area (Å²) in [5.41, 5.74) is -0.904. The van der Waals surface area contributed by atoms with Crippen molar-refractivity contribution >= 4 is 15.7 Å². The number of alkyl halides is 3. The van der Waals surface area contributed by atoms with Gasteiger partial charge in [0.2, 0.25) is 5.91 Å². The fourth-order valence-electron chi connectivity index (χ4n) is 4.79. The van der Waals surface area contributed by atoms with Crippen molar-refractivity contribution in [3.05, 3.63) is 47.8 Å². The van der Waals surface area contributed by atoms with Crippen LogP contribution < -0.4 is 5.32 Å². The molecule has 3 atom stereocenters. The van der Waals surface area contributed by atoms with E-state index in [9.17, 15) is 31.6 Å². The van der Waals surface area contributed by atoms with Gasteiger partial charge in [-0.3, -0.25) is 9.78 Å². The van der Waals surface area contributed by atoms with Crippen LogP contribution in [0.15, 0.2) is 41.4 Å². The minimum atomic E-state index is -4.92. The molecular weight excluding hydrogens is 507 g/mol. The Hall–Kier alpha value is -2.97. The minimum absolute atomic E-state index is 0.124. The molecular formula is C26H28F3N3O4S. The maximum atomic E-state index is 14.1. The summed E-state index contributed by atoms with van der Waals surface area (Å²) in [5.74, 6) is -1.41. The molecule has 1 N–H and O–H groups in total. The number of benzene rings is 1. The quantitative estimate of drug-likeness (QED) is 0.555. The molecule has 4 rings (SSSR count). The van der Waals surface area contributed by atoms with E-state index < -0.39 is 55.2 Å². The third kappa shape index (κ3) is 5.65. The second kappa shape index (κ2) is 9.72. The molecule has 2 aliphatic carbocycles. The second-order valence-corrected chi connectivity index (χ2v) is 12.2. The minimum Gasteiger partial charge on any atom is -0.375 e. The number of carbonyl (C=O) groups is 1. The van der Waals surface area contributed by atoms with Crippen LogP contribution in [0.4, 0.5) is 13.2 Å². The molecule has 198 valence electrons. The maximum absolute atomic E-state index is 14.1. The molecule has 1 aromatic heterocycles. The lowest BCUT2D eigenvalue weighted by Gasteiger charge is -2.22. The summed E-state index contributed by atoms with van der Waals surface area (Å²) < 4.78 is 75.4. The number of ether oxygens (including phenoxy) is 1. The fourth-order valence-corrected chi connectivity index (χ4v) is 6.79.